The molecule has 0 aliphatic carbocycles. The van der Waals surface area contributed by atoms with Crippen molar-refractivity contribution in [2.75, 3.05) is 98.9 Å². The van der Waals surface area contributed by atoms with Crippen LogP contribution in [0.2, 0.25) is 0 Å². The zero-order valence-electron chi connectivity index (χ0n) is 43.2. The van der Waals surface area contributed by atoms with E-state index in [9.17, 15) is 57.4 Å². The van der Waals surface area contributed by atoms with E-state index in [4.69, 9.17) is 67.3 Å². The Bertz CT molecular complexity index is 2050. The summed E-state index contributed by atoms with van der Waals surface area (Å²) in [5.74, 6) is -3.43. The topological polar surface area (TPSA) is 451 Å². The average molecular weight is 1210 g/mol. The Morgan fingerprint density at radius 3 is 1.86 bits per heavy atom. The molecule has 0 radical (unpaired) electrons. The molecular formula is C47H76IN9O20. The Morgan fingerprint density at radius 1 is 0.766 bits per heavy atom. The fourth-order valence-corrected chi connectivity index (χ4v) is 8.25. The van der Waals surface area contributed by atoms with E-state index >= 15 is 0 Å². The number of amides is 3. The number of carboxylic acid groups (broad SMARTS) is 1. The number of carbonyl (C=O) groups is 6. The lowest BCUT2D eigenvalue weighted by Gasteiger charge is -2.40. The third-order valence-electron chi connectivity index (χ3n) is 11.4. The molecule has 0 bridgehead atoms. The number of carboxylic acids is 1. The highest BCUT2D eigenvalue weighted by Gasteiger charge is 2.46. The Balaban J connectivity index is 2.04. The minimum absolute atomic E-state index is 0.00104. The van der Waals surface area contributed by atoms with Crippen LogP contribution < -0.4 is 33.6 Å². The molecule has 2 aliphatic heterocycles. The Hall–Kier alpha value is -5.47. The number of nitrogens with two attached hydrogens (primary N) is 4. The number of nitrogens with zero attached hydrogens (tertiary/aromatic N) is 3. The first kappa shape index (κ1) is 67.6. The molecule has 30 heteroatoms. The van der Waals surface area contributed by atoms with Gasteiger partial charge in [0.15, 0.2) is 29.6 Å². The van der Waals surface area contributed by atoms with E-state index in [2.05, 4.69) is 26.5 Å². The number of hydrogen-bond acceptors (Lipinski definition) is 21. The van der Waals surface area contributed by atoms with Crippen molar-refractivity contribution in [3.05, 3.63) is 23.7 Å². The predicted octanol–water partition coefficient (Wildman–Crippen LogP) is -4.07. The summed E-state index contributed by atoms with van der Waals surface area (Å²) in [6.07, 6.45) is 0.0851. The summed E-state index contributed by atoms with van der Waals surface area (Å²) < 4.78 is 55.2. The molecule has 0 unspecified atom stereocenters. The number of carbonyl (C=O) groups excluding carboxylic acids is 5. The summed E-state index contributed by atoms with van der Waals surface area (Å²) in [6.45, 7) is 2.60. The molecule has 0 aromatic heterocycles. The van der Waals surface area contributed by atoms with E-state index in [1.165, 1.54) is 6.08 Å². The van der Waals surface area contributed by atoms with Crippen LogP contribution in [0.1, 0.15) is 52.4 Å². The molecule has 2 rings (SSSR count). The molecule has 10 atom stereocenters. The second-order valence-corrected chi connectivity index (χ2v) is 18.8. The van der Waals surface area contributed by atoms with E-state index in [1.54, 1.807) is 11.8 Å². The number of terminal acetylenes is 1. The molecule has 77 heavy (non-hydrogen) atoms. The lowest BCUT2D eigenvalue weighted by molar-refractivity contribution is -0.158. The lowest BCUT2D eigenvalue weighted by atomic mass is 9.87. The third-order valence-corrected chi connectivity index (χ3v) is 12.4. The number of ether oxygens (including phenoxy) is 8. The van der Waals surface area contributed by atoms with E-state index in [-0.39, 0.29) is 82.3 Å². The molecule has 15 N–H and O–H groups in total. The van der Waals surface area contributed by atoms with Gasteiger partial charge in [0.25, 0.3) is 3.79 Å². The minimum atomic E-state index is -2.18. The molecule has 0 spiro atoms. The van der Waals surface area contributed by atoms with Gasteiger partial charge in [-0.3, -0.25) is 27.0 Å². The Kier molecular flexibility index (Phi) is 33.5. The highest BCUT2D eigenvalue weighted by atomic mass is 127. The summed E-state index contributed by atoms with van der Waals surface area (Å²) in [4.78, 5) is 85.7. The Morgan fingerprint density at radius 2 is 1.30 bits per heavy atom. The SMILES string of the molecule is C#CCOCCOCCOCCOCCC(=O)N(CCCCNC(=O)CO[C@@H]([C@@H]1OC(C(=O)O)=C[C@H](N=C(N)N)[C@H]1NC(C)=O)[C@H](O)CO)CCCCC(=O)CO[C@@H]([C@@H]1OC(C(=O)I=O)=C[C@H](N=C(N)N)[C@H]1C)[C@H](O)CO. The predicted molar refractivity (Wildman–Crippen MR) is 279 cm³/mol. The number of ketones is 1. The van der Waals surface area contributed by atoms with Crippen LogP contribution in [0.25, 0.3) is 0 Å². The summed E-state index contributed by atoms with van der Waals surface area (Å²) >= 11 is -2.18. The molecule has 0 aromatic carbocycles. The van der Waals surface area contributed by atoms with Crippen LogP contribution in [0.4, 0.5) is 0 Å². The number of nitrogens with one attached hydrogen (secondary N) is 2. The van der Waals surface area contributed by atoms with Gasteiger partial charge in [0.1, 0.15) is 50.3 Å². The third kappa shape index (κ3) is 26.2. The zero-order chi connectivity index (χ0) is 57.3. The summed E-state index contributed by atoms with van der Waals surface area (Å²) in [6, 6.07) is -3.27. The number of aliphatic hydroxyl groups excluding tert-OH is 4. The molecule has 0 saturated carbocycles. The van der Waals surface area contributed by atoms with Gasteiger partial charge >= 0.3 is 5.97 Å². The number of Topliss-reactive ketones (excluding diaryl/α,β-unsaturated/α-hetero) is 1. The molecule has 3 amide bonds. The number of hydrogen-bond donors (Lipinski definition) is 11. The largest absolute Gasteiger partial charge is 0.483 e. The first-order valence-electron chi connectivity index (χ1n) is 24.7. The van der Waals surface area contributed by atoms with Crippen LogP contribution >= 0.6 is 21.2 Å². The Labute approximate surface area is 456 Å². The van der Waals surface area contributed by atoms with Crippen molar-refractivity contribution >= 4 is 66.4 Å². The molecule has 0 saturated heterocycles. The quantitative estimate of drug-likeness (QED) is 0.00693. The monoisotopic (exact) mass is 1210 g/mol. The first-order chi connectivity index (χ1) is 36.8. The van der Waals surface area contributed by atoms with Crippen LogP contribution in [0.5, 0.6) is 0 Å². The van der Waals surface area contributed by atoms with E-state index in [0.29, 0.717) is 52.1 Å². The van der Waals surface area contributed by atoms with Crippen molar-refractivity contribution in [3.63, 3.8) is 0 Å². The van der Waals surface area contributed by atoms with Crippen LogP contribution in [0.3, 0.4) is 0 Å². The van der Waals surface area contributed by atoms with Crippen LogP contribution in [0, 0.1) is 18.3 Å². The van der Waals surface area contributed by atoms with Crippen molar-refractivity contribution in [2.45, 2.75) is 107 Å². The number of aliphatic imine (C=N–C) groups is 2. The van der Waals surface area contributed by atoms with E-state index in [0.717, 1.165) is 13.0 Å². The number of aliphatic carboxylic acids is 1. The maximum Gasteiger partial charge on any atom is 0.370 e. The molecular weight excluding hydrogens is 1140 g/mol. The molecule has 2 aliphatic rings. The number of allylic oxidation sites excluding steroid dienone is 1. The normalized spacial score (nSPS) is 20.5. The molecule has 2 heterocycles. The number of guanidine groups is 2. The van der Waals surface area contributed by atoms with Crippen molar-refractivity contribution in [2.24, 2.45) is 38.8 Å². The van der Waals surface area contributed by atoms with Gasteiger partial charge in [0, 0.05) is 38.9 Å². The van der Waals surface area contributed by atoms with Crippen LogP contribution in [0.15, 0.2) is 33.7 Å². The molecule has 436 valence electrons. The highest BCUT2D eigenvalue weighted by Crippen LogP contribution is 2.32. The van der Waals surface area contributed by atoms with Gasteiger partial charge in [-0.2, -0.15) is 0 Å². The zero-order valence-corrected chi connectivity index (χ0v) is 45.4. The maximum atomic E-state index is 13.5. The molecule has 0 aromatic rings. The van der Waals surface area contributed by atoms with E-state index in [1.807, 2.05) is 0 Å². The van der Waals surface area contributed by atoms with Gasteiger partial charge in [0.05, 0.1) is 84.0 Å². The molecule has 29 nitrogen and oxygen atoms in total. The van der Waals surface area contributed by atoms with Crippen molar-refractivity contribution in [1.82, 2.24) is 15.5 Å². The van der Waals surface area contributed by atoms with Crippen molar-refractivity contribution < 1.29 is 95.3 Å². The smallest absolute Gasteiger partial charge is 0.370 e. The van der Waals surface area contributed by atoms with Gasteiger partial charge in [-0.05, 0) is 37.8 Å². The van der Waals surface area contributed by atoms with Crippen molar-refractivity contribution in [1.29, 1.82) is 0 Å². The second kappa shape index (κ2) is 38.2. The fraction of sp³-hybridized carbons (Fsp3) is 0.702. The lowest BCUT2D eigenvalue weighted by Crippen LogP contribution is -2.60. The van der Waals surface area contributed by atoms with Gasteiger partial charge in [-0.25, -0.2) is 14.8 Å². The number of halogens is 1. The van der Waals surface area contributed by atoms with Crippen LogP contribution in [-0.4, -0.2) is 229 Å². The number of aliphatic hydroxyl groups is 4. The van der Waals surface area contributed by atoms with Crippen LogP contribution in [-0.2, 0) is 69.7 Å². The van der Waals surface area contributed by atoms with E-state index < -0.39 is 142 Å². The van der Waals surface area contributed by atoms with Gasteiger partial charge in [-0.1, -0.05) is 12.8 Å². The number of rotatable bonds is 41. The van der Waals surface area contributed by atoms with Gasteiger partial charge < -0.3 is 102 Å². The average Bonchev–Trinajstić information content (AvgIpc) is 3.39. The van der Waals surface area contributed by atoms with Crippen molar-refractivity contribution in [3.8, 4) is 12.3 Å². The summed E-state index contributed by atoms with van der Waals surface area (Å²) in [7, 11) is 0. The van der Waals surface area contributed by atoms with Gasteiger partial charge in [-0.15, -0.1) is 6.42 Å². The summed E-state index contributed by atoms with van der Waals surface area (Å²) in [5.41, 5.74) is 22.3. The number of unbranched alkanes of at least 4 members (excludes halogenated alkanes) is 2. The standard InChI is InChI=1S/C47H76IN9O20/c1-4-14-70-16-18-72-20-21-73-19-17-71-15-10-38(65)57(12-7-5-9-30(61)26-74-41(33(62)24-58)40-28(2)31(55-46(49)50)22-35(76-40)44(66)48-69)13-8-6-11-53-37(64)27-75-42(34(63)25-59)43-39(54-29(3)60)32(56-47(51)52)23-36(77-43)45(67)68/h1,22-23,28,31-34,39-43,58-59,62-63H,5-21,24-27H2,2-3H3,(H,53,64)(H,54,60)(H,67,68)(H4,49,50,55)(H4,51,52,56)/t28-,31+,32+,33-,34-,39-,40-,41-,42-,43-/m1/s1. The fourth-order valence-electron chi connectivity index (χ4n) is 7.73. The maximum absolute atomic E-state index is 13.5. The first-order valence-corrected chi connectivity index (χ1v) is 26.6. The van der Waals surface area contributed by atoms with Gasteiger partial charge in [0.2, 0.25) is 44.7 Å². The second-order valence-electron chi connectivity index (χ2n) is 17.4. The summed E-state index contributed by atoms with van der Waals surface area (Å²) in [5, 5.41) is 56.0. The minimum Gasteiger partial charge on any atom is -0.483 e. The molecule has 0 fully saturated rings. The highest BCUT2D eigenvalue weighted by molar-refractivity contribution is 14.2.